The highest BCUT2D eigenvalue weighted by Gasteiger charge is 2.36. The second kappa shape index (κ2) is 13.7. The van der Waals surface area contributed by atoms with Gasteiger partial charge in [0.15, 0.2) is 0 Å². The van der Waals surface area contributed by atoms with E-state index in [1.165, 1.54) is 92.5 Å². The molecule has 1 unspecified atom stereocenters. The van der Waals surface area contributed by atoms with Gasteiger partial charge in [-0.3, -0.25) is 0 Å². The molecular formula is C54H42S. The minimum atomic E-state index is -0.0762. The van der Waals surface area contributed by atoms with E-state index < -0.39 is 0 Å². The van der Waals surface area contributed by atoms with Crippen LogP contribution in [-0.4, -0.2) is 0 Å². The summed E-state index contributed by atoms with van der Waals surface area (Å²) in [6, 6.07) is 70.1. The molecule has 0 amide bonds. The van der Waals surface area contributed by atoms with Gasteiger partial charge in [0.05, 0.1) is 0 Å². The number of rotatable bonds is 8. The lowest BCUT2D eigenvalue weighted by Crippen LogP contribution is -2.16. The zero-order valence-electron chi connectivity index (χ0n) is 31.3. The monoisotopic (exact) mass is 722 g/mol. The number of thiophene rings is 1. The molecule has 1 heteroatoms. The Bertz CT molecular complexity index is 2800. The van der Waals surface area contributed by atoms with Gasteiger partial charge in [0.1, 0.15) is 0 Å². The molecule has 1 heterocycles. The summed E-state index contributed by atoms with van der Waals surface area (Å²) in [7, 11) is 0. The molecule has 0 spiro atoms. The summed E-state index contributed by atoms with van der Waals surface area (Å²) < 4.78 is 2.69. The predicted molar refractivity (Wildman–Crippen MR) is 236 cm³/mol. The van der Waals surface area contributed by atoms with Crippen molar-refractivity contribution in [2.75, 3.05) is 0 Å². The van der Waals surface area contributed by atoms with E-state index in [1.807, 2.05) is 11.3 Å². The van der Waals surface area contributed by atoms with Crippen LogP contribution < -0.4 is 0 Å². The first-order valence-electron chi connectivity index (χ1n) is 19.5. The zero-order chi connectivity index (χ0) is 36.9. The molecule has 0 saturated carbocycles. The predicted octanol–water partition coefficient (Wildman–Crippen LogP) is 15.1. The van der Waals surface area contributed by atoms with Gasteiger partial charge < -0.3 is 0 Å². The van der Waals surface area contributed by atoms with Gasteiger partial charge >= 0.3 is 0 Å². The number of hydrogen-bond acceptors (Lipinski definition) is 1. The molecule has 0 aliphatic heterocycles. The highest BCUT2D eigenvalue weighted by atomic mass is 32.1. The first-order chi connectivity index (χ1) is 27.0. The van der Waals surface area contributed by atoms with Crippen LogP contribution in [0.2, 0.25) is 0 Å². The summed E-state index contributed by atoms with van der Waals surface area (Å²) in [5.41, 5.74) is 17.2. The number of benzene rings is 8. The Kier molecular flexibility index (Phi) is 8.34. The highest BCUT2D eigenvalue weighted by Crippen LogP contribution is 2.51. The van der Waals surface area contributed by atoms with Gasteiger partial charge in [-0.05, 0) is 109 Å². The molecule has 1 atom stereocenters. The molecule has 0 N–H and O–H groups in total. The smallest absolute Gasteiger partial charge is 0.0355 e. The molecule has 1 aliphatic rings. The van der Waals surface area contributed by atoms with Crippen molar-refractivity contribution in [3.05, 3.63) is 216 Å². The van der Waals surface area contributed by atoms with Crippen molar-refractivity contribution in [1.29, 1.82) is 0 Å². The van der Waals surface area contributed by atoms with E-state index in [0.717, 1.165) is 12.8 Å². The van der Waals surface area contributed by atoms with Gasteiger partial charge in [-0.15, -0.1) is 11.3 Å². The molecule has 55 heavy (non-hydrogen) atoms. The minimum absolute atomic E-state index is 0.0762. The summed E-state index contributed by atoms with van der Waals surface area (Å²) in [6.45, 7) is 4.79. The van der Waals surface area contributed by atoms with Crippen LogP contribution in [0.1, 0.15) is 54.0 Å². The Morgan fingerprint density at radius 3 is 1.69 bits per heavy atom. The van der Waals surface area contributed by atoms with Crippen LogP contribution in [0.15, 0.2) is 188 Å². The van der Waals surface area contributed by atoms with Crippen molar-refractivity contribution in [1.82, 2.24) is 0 Å². The van der Waals surface area contributed by atoms with Crippen LogP contribution in [0.3, 0.4) is 0 Å². The fourth-order valence-electron chi connectivity index (χ4n) is 8.93. The summed E-state index contributed by atoms with van der Waals surface area (Å²) in [5, 5.41) is 2.69. The fraction of sp³-hybridized carbons (Fsp3) is 0.111. The van der Waals surface area contributed by atoms with Gasteiger partial charge in [-0.1, -0.05) is 178 Å². The second-order valence-electron chi connectivity index (χ2n) is 15.6. The maximum absolute atomic E-state index is 2.52. The Balaban J connectivity index is 0.883. The molecular weight excluding hydrogens is 681 g/mol. The van der Waals surface area contributed by atoms with Crippen molar-refractivity contribution in [2.45, 2.75) is 38.0 Å². The van der Waals surface area contributed by atoms with E-state index in [9.17, 15) is 0 Å². The number of aryl methyl sites for hydroxylation is 1. The maximum Gasteiger partial charge on any atom is 0.0355 e. The molecule has 0 nitrogen and oxygen atoms in total. The van der Waals surface area contributed by atoms with E-state index in [4.69, 9.17) is 0 Å². The third-order valence-corrected chi connectivity index (χ3v) is 13.2. The molecule has 264 valence electrons. The molecule has 1 aromatic heterocycles. The van der Waals surface area contributed by atoms with Gasteiger partial charge in [-0.2, -0.15) is 0 Å². The molecule has 1 aliphatic carbocycles. The van der Waals surface area contributed by atoms with Crippen LogP contribution in [-0.2, 0) is 11.8 Å². The molecule has 0 saturated heterocycles. The summed E-state index contributed by atoms with van der Waals surface area (Å²) in [5.74, 6) is 0.310. The standard InChI is InChI=1S/C54H42S/c1-54(2)50-34-43(37-11-5-3-6-12-37)26-30-46(50)47-31-27-44(35-51(47)54)45(41-13-7-4-8-14-41)29-19-36-17-20-38(21-18-36)39-22-24-40(25-23-39)42-28-32-53-49(33-42)48-15-9-10-16-52(48)55-53/h3-18,20-28,30-35,45H,19,29H2,1-2H3. The highest BCUT2D eigenvalue weighted by molar-refractivity contribution is 7.25. The van der Waals surface area contributed by atoms with Crippen molar-refractivity contribution < 1.29 is 0 Å². The molecule has 0 fully saturated rings. The molecule has 0 radical (unpaired) electrons. The van der Waals surface area contributed by atoms with Crippen LogP contribution in [0, 0.1) is 0 Å². The average molecular weight is 723 g/mol. The first kappa shape index (κ1) is 33.5. The van der Waals surface area contributed by atoms with E-state index in [2.05, 4.69) is 202 Å². The summed E-state index contributed by atoms with van der Waals surface area (Å²) >= 11 is 1.87. The van der Waals surface area contributed by atoms with E-state index in [0.29, 0.717) is 5.92 Å². The van der Waals surface area contributed by atoms with Gasteiger partial charge in [-0.25, -0.2) is 0 Å². The topological polar surface area (TPSA) is 0 Å². The van der Waals surface area contributed by atoms with Crippen molar-refractivity contribution in [3.63, 3.8) is 0 Å². The van der Waals surface area contributed by atoms with E-state index in [-0.39, 0.29) is 5.41 Å². The Labute approximate surface area is 328 Å². The molecule has 0 bridgehead atoms. The van der Waals surface area contributed by atoms with Gasteiger partial charge in [0, 0.05) is 31.5 Å². The third-order valence-electron chi connectivity index (χ3n) is 12.0. The normalized spacial score (nSPS) is 13.5. The van der Waals surface area contributed by atoms with Crippen LogP contribution in [0.4, 0.5) is 0 Å². The van der Waals surface area contributed by atoms with Gasteiger partial charge in [0.2, 0.25) is 0 Å². The van der Waals surface area contributed by atoms with E-state index in [1.54, 1.807) is 0 Å². The Hall–Kier alpha value is -6.02. The molecule has 10 rings (SSSR count). The SMILES string of the molecule is CC1(C)c2cc(-c3ccccc3)ccc2-c2ccc(C(CCc3ccc(-c4ccc(-c5ccc6sc7ccccc7c6c5)cc4)cc3)c3ccccc3)cc21. The van der Waals surface area contributed by atoms with Crippen LogP contribution >= 0.6 is 11.3 Å². The Morgan fingerprint density at radius 1 is 0.418 bits per heavy atom. The van der Waals surface area contributed by atoms with Crippen LogP contribution in [0.5, 0.6) is 0 Å². The van der Waals surface area contributed by atoms with Crippen molar-refractivity contribution in [3.8, 4) is 44.5 Å². The van der Waals surface area contributed by atoms with Gasteiger partial charge in [0.25, 0.3) is 0 Å². The zero-order valence-corrected chi connectivity index (χ0v) is 32.1. The number of hydrogen-bond donors (Lipinski definition) is 0. The fourth-order valence-corrected chi connectivity index (χ4v) is 10.0. The molecule has 9 aromatic rings. The molecule has 8 aromatic carbocycles. The largest absolute Gasteiger partial charge is 0.135 e. The number of fused-ring (bicyclic) bond motifs is 6. The lowest BCUT2D eigenvalue weighted by Gasteiger charge is -2.25. The Morgan fingerprint density at radius 2 is 0.945 bits per heavy atom. The lowest BCUT2D eigenvalue weighted by atomic mass is 9.79. The summed E-state index contributed by atoms with van der Waals surface area (Å²) in [6.07, 6.45) is 2.06. The van der Waals surface area contributed by atoms with Crippen LogP contribution in [0.25, 0.3) is 64.7 Å². The van der Waals surface area contributed by atoms with Crippen molar-refractivity contribution >= 4 is 31.5 Å². The third kappa shape index (κ3) is 6.10. The average Bonchev–Trinajstić information content (AvgIpc) is 3.73. The first-order valence-corrected chi connectivity index (χ1v) is 20.3. The summed E-state index contributed by atoms with van der Waals surface area (Å²) in [4.78, 5) is 0. The maximum atomic E-state index is 2.52. The lowest BCUT2D eigenvalue weighted by molar-refractivity contribution is 0.654. The quantitative estimate of drug-likeness (QED) is 0.146. The van der Waals surface area contributed by atoms with E-state index >= 15 is 0 Å². The minimum Gasteiger partial charge on any atom is -0.135 e. The van der Waals surface area contributed by atoms with Crippen molar-refractivity contribution in [2.24, 2.45) is 0 Å². The second-order valence-corrected chi connectivity index (χ2v) is 16.7.